The molecule has 0 spiro atoms. The molecule has 2 N–H and O–H groups in total. The quantitative estimate of drug-likeness (QED) is 0.775. The van der Waals surface area contributed by atoms with Crippen LogP contribution in [0, 0.1) is 5.92 Å². The van der Waals surface area contributed by atoms with E-state index in [9.17, 15) is 9.59 Å². The van der Waals surface area contributed by atoms with Crippen molar-refractivity contribution in [3.63, 3.8) is 0 Å². The minimum Gasteiger partial charge on any atom is -0.325 e. The molecule has 0 saturated heterocycles. The maximum absolute atomic E-state index is 12.9. The molecule has 0 radical (unpaired) electrons. The van der Waals surface area contributed by atoms with E-state index >= 15 is 0 Å². The number of Topliss-reactive ketones (excluding diaryl/α,β-unsaturated/α-hetero) is 1. The second-order valence-electron chi connectivity index (χ2n) is 6.45. The Hall–Kier alpha value is -1.10. The van der Waals surface area contributed by atoms with Crippen molar-refractivity contribution in [3.8, 4) is 0 Å². The monoisotopic (exact) mass is 370 g/mol. The molecule has 1 atom stereocenters. The third-order valence-corrected chi connectivity index (χ3v) is 5.11. The lowest BCUT2D eigenvalue weighted by Crippen LogP contribution is -2.34. The van der Waals surface area contributed by atoms with Gasteiger partial charge in [-0.2, -0.15) is 0 Å². The largest absolute Gasteiger partial charge is 0.325 e. The summed E-state index contributed by atoms with van der Waals surface area (Å²) in [5, 5.41) is 6.79. The molecule has 1 aliphatic heterocycles. The fraction of sp³-hybridized carbons (Fsp3) is 0.556. The summed E-state index contributed by atoms with van der Waals surface area (Å²) in [6.07, 6.45) is 5.06. The fourth-order valence-electron chi connectivity index (χ4n) is 3.53. The lowest BCUT2D eigenvalue weighted by molar-refractivity contribution is -0.116. The maximum Gasteiger partial charge on any atom is 0.224 e. The molecule has 1 amide bonds. The Kier molecular flexibility index (Phi) is 6.67. The molecule has 0 bridgehead atoms. The second-order valence-corrected chi connectivity index (χ2v) is 6.86. The van der Waals surface area contributed by atoms with Gasteiger partial charge in [-0.1, -0.05) is 24.9 Å². The number of anilines is 1. The molecule has 1 unspecified atom stereocenters. The van der Waals surface area contributed by atoms with E-state index in [4.69, 9.17) is 11.6 Å². The first-order chi connectivity index (χ1) is 11.1. The van der Waals surface area contributed by atoms with Gasteiger partial charge in [-0.3, -0.25) is 9.59 Å². The molecule has 1 aliphatic carbocycles. The smallest absolute Gasteiger partial charge is 0.224 e. The van der Waals surface area contributed by atoms with E-state index < -0.39 is 0 Å². The van der Waals surface area contributed by atoms with Gasteiger partial charge in [0.1, 0.15) is 0 Å². The first-order valence-corrected chi connectivity index (χ1v) is 8.88. The molecule has 0 fully saturated rings. The van der Waals surface area contributed by atoms with Crippen LogP contribution in [0.2, 0.25) is 5.02 Å². The van der Waals surface area contributed by atoms with E-state index in [-0.39, 0.29) is 30.0 Å². The molecule has 24 heavy (non-hydrogen) atoms. The number of carbonyl (C=O) groups is 2. The molecule has 6 heteroatoms. The van der Waals surface area contributed by atoms with Gasteiger partial charge < -0.3 is 10.6 Å². The van der Waals surface area contributed by atoms with Crippen LogP contribution >= 0.6 is 24.0 Å². The second kappa shape index (κ2) is 8.32. The Labute approximate surface area is 154 Å². The Morgan fingerprint density at radius 1 is 1.29 bits per heavy atom. The molecule has 1 aromatic carbocycles. The highest BCUT2D eigenvalue weighted by molar-refractivity contribution is 6.34. The van der Waals surface area contributed by atoms with Crippen LogP contribution in [0.1, 0.15) is 54.1 Å². The van der Waals surface area contributed by atoms with Gasteiger partial charge in [-0.25, -0.2) is 0 Å². The van der Waals surface area contributed by atoms with E-state index in [0.717, 1.165) is 55.5 Å². The van der Waals surface area contributed by atoms with Crippen molar-refractivity contribution in [2.75, 3.05) is 18.4 Å². The Morgan fingerprint density at radius 3 is 2.83 bits per heavy atom. The zero-order valence-electron chi connectivity index (χ0n) is 13.9. The van der Waals surface area contributed by atoms with Crippen molar-refractivity contribution in [1.82, 2.24) is 5.32 Å². The Morgan fingerprint density at radius 2 is 2.08 bits per heavy atom. The average Bonchev–Trinajstić information content (AvgIpc) is 2.54. The van der Waals surface area contributed by atoms with Gasteiger partial charge in [0, 0.05) is 24.4 Å². The standard InChI is InChI=1S/C18H23ClN2O2.ClH/c1-2-3-8-20-10-12-5-4-11-9-14(19)17-13(16(11)18(12)23)6-7-15(22)21-17;/h9,12,20H,2-8,10H2,1H3,(H,21,22);1H. The normalized spacial score (nSPS) is 19.2. The summed E-state index contributed by atoms with van der Waals surface area (Å²) >= 11 is 6.31. The van der Waals surface area contributed by atoms with Crippen LogP contribution in [0.25, 0.3) is 0 Å². The van der Waals surface area contributed by atoms with E-state index in [2.05, 4.69) is 17.6 Å². The number of fused-ring (bicyclic) bond motifs is 3. The summed E-state index contributed by atoms with van der Waals surface area (Å²) in [5.74, 6) is 0.210. The molecule has 3 rings (SSSR count). The van der Waals surface area contributed by atoms with Crippen molar-refractivity contribution in [3.05, 3.63) is 27.8 Å². The topological polar surface area (TPSA) is 58.2 Å². The third-order valence-electron chi connectivity index (χ3n) is 4.81. The first kappa shape index (κ1) is 19.2. The first-order valence-electron chi connectivity index (χ1n) is 8.50. The van der Waals surface area contributed by atoms with Crippen LogP contribution in [0.4, 0.5) is 5.69 Å². The van der Waals surface area contributed by atoms with Crippen molar-refractivity contribution in [1.29, 1.82) is 0 Å². The molecule has 0 aromatic heterocycles. The van der Waals surface area contributed by atoms with Crippen LogP contribution < -0.4 is 10.6 Å². The van der Waals surface area contributed by atoms with Gasteiger partial charge in [-0.05, 0) is 49.4 Å². The molecule has 2 aliphatic rings. The summed E-state index contributed by atoms with van der Waals surface area (Å²) in [6.45, 7) is 3.86. The molecule has 4 nitrogen and oxygen atoms in total. The van der Waals surface area contributed by atoms with Crippen LogP contribution in [0.3, 0.4) is 0 Å². The Balaban J connectivity index is 0.00000208. The number of hydrogen-bond donors (Lipinski definition) is 2. The van der Waals surface area contributed by atoms with Gasteiger partial charge in [0.15, 0.2) is 5.78 Å². The third kappa shape index (κ3) is 3.76. The zero-order valence-corrected chi connectivity index (χ0v) is 15.5. The number of ketones is 1. The summed E-state index contributed by atoms with van der Waals surface area (Å²) in [4.78, 5) is 24.6. The summed E-state index contributed by atoms with van der Waals surface area (Å²) in [6, 6.07) is 1.86. The summed E-state index contributed by atoms with van der Waals surface area (Å²) in [7, 11) is 0. The lowest BCUT2D eigenvalue weighted by atomic mass is 9.78. The number of rotatable bonds is 5. The van der Waals surface area contributed by atoms with E-state index in [1.807, 2.05) is 6.07 Å². The zero-order chi connectivity index (χ0) is 16.4. The van der Waals surface area contributed by atoms with Crippen LogP contribution in [0.15, 0.2) is 6.07 Å². The SMILES string of the molecule is CCCCNCC1CCc2cc(Cl)c3c(c2C1=O)CCC(=O)N3.Cl. The van der Waals surface area contributed by atoms with Crippen LogP contribution in [-0.4, -0.2) is 24.8 Å². The molecular formula is C18H24Cl2N2O2. The van der Waals surface area contributed by atoms with Crippen molar-refractivity contribution >= 4 is 41.4 Å². The highest BCUT2D eigenvalue weighted by atomic mass is 35.5. The van der Waals surface area contributed by atoms with Crippen LogP contribution in [0.5, 0.6) is 0 Å². The molecule has 1 heterocycles. The van der Waals surface area contributed by atoms with E-state index in [1.54, 1.807) is 0 Å². The lowest BCUT2D eigenvalue weighted by Gasteiger charge is -2.29. The number of amides is 1. The highest BCUT2D eigenvalue weighted by Gasteiger charge is 2.33. The van der Waals surface area contributed by atoms with Gasteiger partial charge in [0.25, 0.3) is 0 Å². The molecule has 0 saturated carbocycles. The average molecular weight is 371 g/mol. The fourth-order valence-corrected chi connectivity index (χ4v) is 3.82. The number of benzene rings is 1. The minimum atomic E-state index is -0.0274. The van der Waals surface area contributed by atoms with Crippen molar-refractivity contribution < 1.29 is 9.59 Å². The maximum atomic E-state index is 12.9. The predicted octanol–water partition coefficient (Wildman–Crippen LogP) is 3.78. The van der Waals surface area contributed by atoms with Crippen molar-refractivity contribution in [2.24, 2.45) is 5.92 Å². The van der Waals surface area contributed by atoms with E-state index in [1.165, 1.54) is 0 Å². The summed E-state index contributed by atoms with van der Waals surface area (Å²) in [5.41, 5.74) is 3.45. The minimum absolute atomic E-state index is 0. The number of unbranched alkanes of at least 4 members (excludes halogenated alkanes) is 1. The highest BCUT2D eigenvalue weighted by Crippen LogP contribution is 2.39. The van der Waals surface area contributed by atoms with Gasteiger partial charge in [0.05, 0.1) is 10.7 Å². The van der Waals surface area contributed by atoms with Crippen molar-refractivity contribution in [2.45, 2.75) is 45.4 Å². The van der Waals surface area contributed by atoms with E-state index in [0.29, 0.717) is 23.6 Å². The molecule has 132 valence electrons. The number of hydrogen-bond acceptors (Lipinski definition) is 3. The van der Waals surface area contributed by atoms with Gasteiger partial charge >= 0.3 is 0 Å². The number of carbonyl (C=O) groups excluding carboxylic acids is 2. The number of nitrogens with one attached hydrogen (secondary N) is 2. The number of aryl methyl sites for hydroxylation is 1. The predicted molar refractivity (Wildman–Crippen MR) is 99.6 cm³/mol. The number of halogens is 2. The Bertz CT molecular complexity index is 646. The van der Waals surface area contributed by atoms with Gasteiger partial charge in [0.2, 0.25) is 5.91 Å². The summed E-state index contributed by atoms with van der Waals surface area (Å²) < 4.78 is 0. The molecular weight excluding hydrogens is 347 g/mol. The van der Waals surface area contributed by atoms with Gasteiger partial charge in [-0.15, -0.1) is 12.4 Å². The molecule has 1 aromatic rings. The van der Waals surface area contributed by atoms with Crippen LogP contribution in [-0.2, 0) is 17.6 Å².